The Morgan fingerprint density at radius 2 is 2.03 bits per heavy atom. The molecule has 0 saturated heterocycles. The lowest BCUT2D eigenvalue weighted by Crippen LogP contribution is -2.28. The third kappa shape index (κ3) is 4.70. The molecule has 3 aromatic heterocycles. The quantitative estimate of drug-likeness (QED) is 0.538. The van der Waals surface area contributed by atoms with Crippen molar-refractivity contribution in [3.63, 3.8) is 0 Å². The topological polar surface area (TPSA) is 124 Å². The molecule has 1 atom stereocenters. The fourth-order valence-corrected chi connectivity index (χ4v) is 3.52. The minimum Gasteiger partial charge on any atom is -0.441 e. The molecule has 3 heterocycles. The summed E-state index contributed by atoms with van der Waals surface area (Å²) in [6, 6.07) is 6.89. The van der Waals surface area contributed by atoms with Gasteiger partial charge in [0.1, 0.15) is 11.3 Å². The molecule has 0 aliphatic heterocycles. The number of anilines is 2. The van der Waals surface area contributed by atoms with Crippen molar-refractivity contribution in [2.24, 2.45) is 13.0 Å². The predicted molar refractivity (Wildman–Crippen MR) is 118 cm³/mol. The zero-order valence-electron chi connectivity index (χ0n) is 17.6. The maximum atomic E-state index is 12.5. The lowest BCUT2D eigenvalue weighted by Gasteiger charge is -2.23. The Morgan fingerprint density at radius 3 is 2.69 bits per heavy atom. The zero-order valence-corrected chi connectivity index (χ0v) is 18.3. The highest BCUT2D eigenvalue weighted by Crippen LogP contribution is 2.29. The molecule has 10 nitrogen and oxygen atoms in total. The van der Waals surface area contributed by atoms with Crippen molar-refractivity contribution in [3.05, 3.63) is 47.4 Å². The summed E-state index contributed by atoms with van der Waals surface area (Å²) < 4.78 is 6.84. The van der Waals surface area contributed by atoms with E-state index >= 15 is 0 Å². The maximum absolute atomic E-state index is 12.5. The number of aryl methyl sites for hydroxylation is 1. The van der Waals surface area contributed by atoms with Gasteiger partial charge in [-0.05, 0) is 38.0 Å². The second-order valence-electron chi connectivity index (χ2n) is 7.52. The summed E-state index contributed by atoms with van der Waals surface area (Å²) in [6.45, 7) is 1.70. The fraction of sp³-hybridized carbons (Fsp3) is 0.333. The number of carbonyl (C=O) groups is 2. The monoisotopic (exact) mass is 455 g/mol. The number of hydrogen-bond donors (Lipinski definition) is 2. The Labute approximate surface area is 189 Å². The summed E-state index contributed by atoms with van der Waals surface area (Å²) in [5.41, 5.74) is 2.05. The standard InChI is InChI=1S/C21H22ClN7O3/c1-12(15-7-4-10-23-18(15)22)32-21(31)26-19-17(27-28-29(19)2)16-9-8-14(11-24-16)25-20(30)13-5-3-6-13/h4,7-13H,3,5-6H2,1-2H3,(H,25,30)(H,26,31)/t12-/m1/s1. The van der Waals surface area contributed by atoms with Crippen LogP contribution < -0.4 is 10.6 Å². The molecule has 11 heteroatoms. The van der Waals surface area contributed by atoms with Gasteiger partial charge in [-0.1, -0.05) is 29.3 Å². The predicted octanol–water partition coefficient (Wildman–Crippen LogP) is 3.97. The molecule has 1 aliphatic carbocycles. The molecule has 32 heavy (non-hydrogen) atoms. The number of aromatic nitrogens is 5. The van der Waals surface area contributed by atoms with Gasteiger partial charge in [-0.3, -0.25) is 15.1 Å². The van der Waals surface area contributed by atoms with Gasteiger partial charge in [0.25, 0.3) is 0 Å². The highest BCUT2D eigenvalue weighted by Gasteiger charge is 2.25. The molecule has 0 radical (unpaired) electrons. The maximum Gasteiger partial charge on any atom is 0.413 e. The van der Waals surface area contributed by atoms with Crippen LogP contribution in [-0.4, -0.2) is 37.0 Å². The van der Waals surface area contributed by atoms with Crippen LogP contribution in [0.4, 0.5) is 16.3 Å². The first kappa shape index (κ1) is 21.7. The number of hydrogen-bond acceptors (Lipinski definition) is 7. The Hall–Kier alpha value is -3.53. The van der Waals surface area contributed by atoms with Crippen molar-refractivity contribution in [3.8, 4) is 11.4 Å². The largest absolute Gasteiger partial charge is 0.441 e. The third-order valence-corrected chi connectivity index (χ3v) is 5.62. The molecule has 2 amide bonds. The van der Waals surface area contributed by atoms with Crippen LogP contribution in [0, 0.1) is 5.92 Å². The molecule has 2 N–H and O–H groups in total. The van der Waals surface area contributed by atoms with E-state index in [1.54, 1.807) is 50.6 Å². The first-order valence-corrected chi connectivity index (χ1v) is 10.5. The van der Waals surface area contributed by atoms with Crippen LogP contribution in [0.15, 0.2) is 36.7 Å². The zero-order chi connectivity index (χ0) is 22.7. The number of nitrogens with zero attached hydrogens (tertiary/aromatic N) is 5. The fourth-order valence-electron chi connectivity index (χ4n) is 3.24. The van der Waals surface area contributed by atoms with Crippen LogP contribution >= 0.6 is 11.6 Å². The van der Waals surface area contributed by atoms with Gasteiger partial charge < -0.3 is 10.1 Å². The summed E-state index contributed by atoms with van der Waals surface area (Å²) in [5.74, 6) is 0.414. The van der Waals surface area contributed by atoms with Crippen molar-refractivity contribution in [2.45, 2.75) is 32.3 Å². The van der Waals surface area contributed by atoms with Crippen LogP contribution in [-0.2, 0) is 16.6 Å². The van der Waals surface area contributed by atoms with Crippen LogP contribution in [0.2, 0.25) is 5.15 Å². The van der Waals surface area contributed by atoms with Crippen LogP contribution in [0.1, 0.15) is 37.9 Å². The van der Waals surface area contributed by atoms with E-state index in [0.29, 0.717) is 28.5 Å². The number of nitrogens with one attached hydrogen (secondary N) is 2. The Bertz CT molecular complexity index is 1130. The first-order chi connectivity index (χ1) is 15.4. The average Bonchev–Trinajstić information content (AvgIpc) is 3.07. The Balaban J connectivity index is 1.44. The van der Waals surface area contributed by atoms with Crippen molar-refractivity contribution in [1.82, 2.24) is 25.0 Å². The second-order valence-corrected chi connectivity index (χ2v) is 7.87. The van der Waals surface area contributed by atoms with Gasteiger partial charge in [-0.2, -0.15) is 0 Å². The number of carbonyl (C=O) groups excluding carboxylic acids is 2. The molecule has 0 unspecified atom stereocenters. The molecule has 1 fully saturated rings. The molecule has 4 rings (SSSR count). The highest BCUT2D eigenvalue weighted by molar-refractivity contribution is 6.30. The van der Waals surface area contributed by atoms with E-state index < -0.39 is 12.2 Å². The summed E-state index contributed by atoms with van der Waals surface area (Å²) in [7, 11) is 1.64. The lowest BCUT2D eigenvalue weighted by atomic mass is 9.85. The normalized spacial score (nSPS) is 14.3. The molecule has 0 bridgehead atoms. The molecule has 166 valence electrons. The van der Waals surface area contributed by atoms with Crippen molar-refractivity contribution >= 4 is 35.1 Å². The number of ether oxygens (including phenoxy) is 1. The SMILES string of the molecule is C[C@@H](OC(=O)Nc1c(-c2ccc(NC(=O)C3CCC3)cn2)nnn1C)c1cccnc1Cl. The Morgan fingerprint density at radius 1 is 1.22 bits per heavy atom. The van der Waals surface area contributed by atoms with Crippen LogP contribution in [0.25, 0.3) is 11.4 Å². The molecular formula is C21H22ClN7O3. The lowest BCUT2D eigenvalue weighted by molar-refractivity contribution is -0.122. The van der Waals surface area contributed by atoms with Gasteiger partial charge in [-0.25, -0.2) is 14.5 Å². The molecule has 1 saturated carbocycles. The van der Waals surface area contributed by atoms with Crippen LogP contribution in [0.5, 0.6) is 0 Å². The molecular weight excluding hydrogens is 434 g/mol. The first-order valence-electron chi connectivity index (χ1n) is 10.2. The summed E-state index contributed by atoms with van der Waals surface area (Å²) in [5, 5.41) is 13.9. The van der Waals surface area contributed by atoms with E-state index in [1.807, 2.05) is 0 Å². The van der Waals surface area contributed by atoms with Crippen molar-refractivity contribution < 1.29 is 14.3 Å². The van der Waals surface area contributed by atoms with Crippen LogP contribution in [0.3, 0.4) is 0 Å². The molecule has 1 aliphatic rings. The number of rotatable bonds is 6. The smallest absolute Gasteiger partial charge is 0.413 e. The van der Waals surface area contributed by atoms with Gasteiger partial charge in [-0.15, -0.1) is 5.10 Å². The van der Waals surface area contributed by atoms with E-state index in [9.17, 15) is 9.59 Å². The van der Waals surface area contributed by atoms with E-state index in [0.717, 1.165) is 19.3 Å². The van der Waals surface area contributed by atoms with Gasteiger partial charge in [0, 0.05) is 24.7 Å². The van der Waals surface area contributed by atoms with Crippen molar-refractivity contribution in [1.29, 1.82) is 0 Å². The number of halogens is 1. The minimum absolute atomic E-state index is 0.0123. The summed E-state index contributed by atoms with van der Waals surface area (Å²) >= 11 is 6.07. The molecule has 0 aromatic carbocycles. The highest BCUT2D eigenvalue weighted by atomic mass is 35.5. The van der Waals surface area contributed by atoms with E-state index in [1.165, 1.54) is 4.68 Å². The van der Waals surface area contributed by atoms with E-state index in [2.05, 4.69) is 30.9 Å². The summed E-state index contributed by atoms with van der Waals surface area (Å²) in [4.78, 5) is 32.9. The molecule has 3 aromatic rings. The van der Waals surface area contributed by atoms with Gasteiger partial charge in [0.05, 0.1) is 17.6 Å². The minimum atomic E-state index is -0.701. The second kappa shape index (κ2) is 9.31. The molecule has 0 spiro atoms. The average molecular weight is 456 g/mol. The number of amides is 2. The Kier molecular flexibility index (Phi) is 6.31. The van der Waals surface area contributed by atoms with E-state index in [4.69, 9.17) is 16.3 Å². The van der Waals surface area contributed by atoms with Gasteiger partial charge in [0.2, 0.25) is 5.91 Å². The number of pyridine rings is 2. The summed E-state index contributed by atoms with van der Waals surface area (Å²) in [6.07, 6.45) is 4.74. The third-order valence-electron chi connectivity index (χ3n) is 5.31. The van der Waals surface area contributed by atoms with Crippen molar-refractivity contribution in [2.75, 3.05) is 10.6 Å². The van der Waals surface area contributed by atoms with Gasteiger partial charge in [0.15, 0.2) is 11.5 Å². The van der Waals surface area contributed by atoms with E-state index in [-0.39, 0.29) is 17.0 Å². The van der Waals surface area contributed by atoms with Gasteiger partial charge >= 0.3 is 6.09 Å².